The van der Waals surface area contributed by atoms with Crippen molar-refractivity contribution in [3.8, 4) is 0 Å². The fourth-order valence-corrected chi connectivity index (χ4v) is 13.3. The lowest BCUT2D eigenvalue weighted by Gasteiger charge is -2.72. The number of fused-ring (bicyclic) bond motifs is 7. The van der Waals surface area contributed by atoms with Crippen molar-refractivity contribution in [1.29, 1.82) is 0 Å². The standard InChI is InChI=1S/C38H61NO9/c1-21(2)22-11-16-38(33(44)45)18-17-36(6)23(29(22)38)9-10-26-35(5)14-13-27(34(3,4)25(35)12-15-37(26,36)7)48-28(41)19-39(46-8)32-31(43)30(42)24(40)20-47-32/h22-27,29-32,40,42-43H,1,9-20H2,2-8H3,(H,44,45)/t22?,23-,24-,25?,26?,27+,29?,30+,31?,32-,35+,36-,37-,38+/m1/s1. The monoisotopic (exact) mass is 675 g/mol. The van der Waals surface area contributed by atoms with Crippen LogP contribution in [0, 0.1) is 56.7 Å². The van der Waals surface area contributed by atoms with Gasteiger partial charge >= 0.3 is 11.9 Å². The van der Waals surface area contributed by atoms with E-state index in [1.54, 1.807) is 0 Å². The zero-order chi connectivity index (χ0) is 35.2. The second-order valence-electron chi connectivity index (χ2n) is 18.0. The van der Waals surface area contributed by atoms with Crippen molar-refractivity contribution in [2.24, 2.45) is 56.7 Å². The second kappa shape index (κ2) is 12.3. The molecular weight excluding hydrogens is 614 g/mol. The number of aliphatic hydroxyl groups excluding tert-OH is 3. The number of hydroxylamine groups is 2. The third-order valence-electron chi connectivity index (χ3n) is 16.0. The number of nitrogens with zero attached hydrogens (tertiary/aromatic N) is 1. The summed E-state index contributed by atoms with van der Waals surface area (Å²) in [6.07, 6.45) is 3.94. The summed E-state index contributed by atoms with van der Waals surface area (Å²) in [6.45, 7) is 18.0. The van der Waals surface area contributed by atoms with Crippen LogP contribution in [0.2, 0.25) is 0 Å². The number of carbonyl (C=O) groups excluding carboxylic acids is 1. The number of hydrogen-bond donors (Lipinski definition) is 4. The Bertz CT molecular complexity index is 1290. The molecule has 0 aromatic heterocycles. The van der Waals surface area contributed by atoms with E-state index in [1.165, 1.54) is 12.2 Å². The molecule has 10 heteroatoms. The average Bonchev–Trinajstić information content (AvgIpc) is 3.42. The number of aliphatic hydroxyl groups is 3. The van der Waals surface area contributed by atoms with Gasteiger partial charge in [-0.1, -0.05) is 46.8 Å². The molecule has 0 radical (unpaired) electrons. The SMILES string of the molecule is C=C(C)C1CC[C@]2(C(=O)O)CC[C@]3(C)[C@H](CCC4[C@@]5(C)CC[C@H](OC(=O)CN(OC)[C@@H]6OC[C@@H](O)[C@H](O)C6O)C(C)(C)C5CC[C@]43C)C12. The number of aliphatic carboxylic acids is 1. The Labute approximate surface area is 286 Å². The van der Waals surface area contributed by atoms with Crippen LogP contribution >= 0.6 is 0 Å². The molecule has 0 spiro atoms. The summed E-state index contributed by atoms with van der Waals surface area (Å²) in [4.78, 5) is 31.7. The quantitative estimate of drug-likeness (QED) is 0.166. The summed E-state index contributed by atoms with van der Waals surface area (Å²) in [7, 11) is 1.37. The van der Waals surface area contributed by atoms with Crippen LogP contribution in [0.15, 0.2) is 12.2 Å². The Balaban J connectivity index is 1.20. The fraction of sp³-hybridized carbons (Fsp3) is 0.895. The summed E-state index contributed by atoms with van der Waals surface area (Å²) < 4.78 is 11.7. The molecule has 5 aliphatic carbocycles. The van der Waals surface area contributed by atoms with Crippen LogP contribution in [0.5, 0.6) is 0 Å². The molecule has 6 fully saturated rings. The summed E-state index contributed by atoms with van der Waals surface area (Å²) in [5.41, 5.74) is 0.458. The third-order valence-corrected chi connectivity index (χ3v) is 16.0. The highest BCUT2D eigenvalue weighted by Crippen LogP contribution is 2.77. The first-order valence-corrected chi connectivity index (χ1v) is 18.4. The topological polar surface area (TPSA) is 146 Å². The summed E-state index contributed by atoms with van der Waals surface area (Å²) >= 11 is 0. The van der Waals surface area contributed by atoms with Crippen LogP contribution in [-0.2, 0) is 23.9 Å². The first kappa shape index (κ1) is 36.2. The van der Waals surface area contributed by atoms with Gasteiger partial charge in [0.05, 0.1) is 19.1 Å². The summed E-state index contributed by atoms with van der Waals surface area (Å²) in [6, 6.07) is 0. The molecule has 0 aromatic rings. The summed E-state index contributed by atoms with van der Waals surface area (Å²) in [5.74, 6) is 0.572. The van der Waals surface area contributed by atoms with E-state index in [1.807, 2.05) is 0 Å². The van der Waals surface area contributed by atoms with Gasteiger partial charge in [-0.3, -0.25) is 14.4 Å². The van der Waals surface area contributed by atoms with Crippen molar-refractivity contribution in [2.75, 3.05) is 20.3 Å². The molecule has 6 aliphatic rings. The van der Waals surface area contributed by atoms with E-state index in [2.05, 4.69) is 48.1 Å². The number of carboxylic acids is 1. The van der Waals surface area contributed by atoms with Gasteiger partial charge in [0, 0.05) is 5.41 Å². The molecule has 4 N–H and O–H groups in total. The smallest absolute Gasteiger partial charge is 0.323 e. The molecule has 0 aromatic carbocycles. The largest absolute Gasteiger partial charge is 0.481 e. The average molecular weight is 676 g/mol. The minimum atomic E-state index is -1.45. The van der Waals surface area contributed by atoms with E-state index >= 15 is 0 Å². The van der Waals surface area contributed by atoms with Gasteiger partial charge in [-0.05, 0) is 117 Å². The number of ether oxygens (including phenoxy) is 2. The maximum atomic E-state index is 13.4. The number of esters is 1. The van der Waals surface area contributed by atoms with E-state index < -0.39 is 41.9 Å². The molecular formula is C38H61NO9. The number of rotatable bonds is 7. The highest BCUT2D eigenvalue weighted by Gasteiger charge is 2.72. The minimum absolute atomic E-state index is 0.0536. The van der Waals surface area contributed by atoms with E-state index in [4.69, 9.17) is 14.3 Å². The lowest BCUT2D eigenvalue weighted by atomic mass is 9.32. The third kappa shape index (κ3) is 5.08. The number of allylic oxidation sites excluding steroid dienone is 1. The van der Waals surface area contributed by atoms with Gasteiger partial charge in [0.2, 0.25) is 0 Å². The number of hydrogen-bond acceptors (Lipinski definition) is 9. The van der Waals surface area contributed by atoms with Crippen molar-refractivity contribution in [2.45, 2.75) is 136 Å². The number of carboxylic acid groups (broad SMARTS) is 1. The van der Waals surface area contributed by atoms with E-state index in [0.717, 1.165) is 69.8 Å². The fourth-order valence-electron chi connectivity index (χ4n) is 13.3. The van der Waals surface area contributed by atoms with Crippen LogP contribution < -0.4 is 0 Å². The molecule has 10 nitrogen and oxygen atoms in total. The number of carbonyl (C=O) groups is 2. The lowest BCUT2D eigenvalue weighted by molar-refractivity contribution is -0.305. The highest BCUT2D eigenvalue weighted by atomic mass is 16.7. The zero-order valence-electron chi connectivity index (χ0n) is 30.2. The molecule has 272 valence electrons. The predicted octanol–water partition coefficient (Wildman–Crippen LogP) is 4.94. The van der Waals surface area contributed by atoms with Crippen molar-refractivity contribution in [3.63, 3.8) is 0 Å². The van der Waals surface area contributed by atoms with Gasteiger partial charge < -0.3 is 29.9 Å². The van der Waals surface area contributed by atoms with Crippen molar-refractivity contribution in [3.05, 3.63) is 12.2 Å². The van der Waals surface area contributed by atoms with Crippen molar-refractivity contribution in [1.82, 2.24) is 5.06 Å². The predicted molar refractivity (Wildman–Crippen MR) is 178 cm³/mol. The van der Waals surface area contributed by atoms with Crippen molar-refractivity contribution < 1.29 is 44.3 Å². The summed E-state index contributed by atoms with van der Waals surface area (Å²) in [5, 5.41) is 42.3. The Kier molecular flexibility index (Phi) is 9.28. The van der Waals surface area contributed by atoms with Gasteiger partial charge in [0.15, 0.2) is 6.23 Å². The Morgan fingerprint density at radius 1 is 0.875 bits per heavy atom. The van der Waals surface area contributed by atoms with Crippen LogP contribution in [-0.4, -0.2) is 88.3 Å². The molecule has 48 heavy (non-hydrogen) atoms. The van der Waals surface area contributed by atoms with Crippen LogP contribution in [0.1, 0.15) is 106 Å². The Morgan fingerprint density at radius 2 is 1.58 bits per heavy atom. The van der Waals surface area contributed by atoms with E-state index in [9.17, 15) is 30.0 Å². The molecule has 1 aliphatic heterocycles. The normalized spacial score (nSPS) is 49.6. The first-order valence-electron chi connectivity index (χ1n) is 18.4. The van der Waals surface area contributed by atoms with Crippen LogP contribution in [0.3, 0.4) is 0 Å². The Morgan fingerprint density at radius 3 is 2.23 bits per heavy atom. The molecule has 0 amide bonds. The zero-order valence-corrected chi connectivity index (χ0v) is 30.2. The minimum Gasteiger partial charge on any atom is -0.481 e. The van der Waals surface area contributed by atoms with Crippen LogP contribution in [0.25, 0.3) is 0 Å². The molecule has 6 rings (SSSR count). The van der Waals surface area contributed by atoms with Crippen molar-refractivity contribution >= 4 is 11.9 Å². The maximum absolute atomic E-state index is 13.4. The molecule has 5 unspecified atom stereocenters. The first-order chi connectivity index (χ1) is 22.4. The van der Waals surface area contributed by atoms with Gasteiger partial charge in [0.25, 0.3) is 0 Å². The Hall–Kier alpha value is -1.56. The highest BCUT2D eigenvalue weighted by molar-refractivity contribution is 5.76. The van der Waals surface area contributed by atoms with Crippen LogP contribution in [0.4, 0.5) is 0 Å². The molecule has 5 saturated carbocycles. The molecule has 1 saturated heterocycles. The maximum Gasteiger partial charge on any atom is 0.323 e. The van der Waals surface area contributed by atoms with Gasteiger partial charge in [0.1, 0.15) is 31.0 Å². The molecule has 14 atom stereocenters. The lowest BCUT2D eigenvalue weighted by Crippen LogP contribution is -2.67. The molecule has 1 heterocycles. The van der Waals surface area contributed by atoms with Gasteiger partial charge in [-0.25, -0.2) is 0 Å². The second-order valence-corrected chi connectivity index (χ2v) is 18.0. The van der Waals surface area contributed by atoms with E-state index in [-0.39, 0.29) is 52.8 Å². The van der Waals surface area contributed by atoms with E-state index in [0.29, 0.717) is 17.8 Å². The van der Waals surface area contributed by atoms with Gasteiger partial charge in [-0.15, -0.1) is 5.06 Å². The van der Waals surface area contributed by atoms with Gasteiger partial charge in [-0.2, -0.15) is 0 Å². The molecule has 0 bridgehead atoms.